The van der Waals surface area contributed by atoms with Crippen molar-refractivity contribution in [1.82, 2.24) is 4.98 Å². The minimum Gasteiger partial charge on any atom is -0.328 e. The minimum absolute atomic E-state index is 0.182. The van der Waals surface area contributed by atoms with E-state index in [1.165, 1.54) is 18.3 Å². The number of amides is 1. The van der Waals surface area contributed by atoms with E-state index in [1.54, 1.807) is 11.0 Å². The molecular formula is C16H14N2O2. The number of anilines is 1. The zero-order valence-electron chi connectivity index (χ0n) is 11.1. The van der Waals surface area contributed by atoms with Gasteiger partial charge < -0.3 is 9.88 Å². The zero-order valence-corrected chi connectivity index (χ0v) is 11.1. The van der Waals surface area contributed by atoms with Crippen molar-refractivity contribution in [2.24, 2.45) is 0 Å². The van der Waals surface area contributed by atoms with E-state index in [0.29, 0.717) is 12.1 Å². The first-order valence-corrected chi connectivity index (χ1v) is 6.23. The van der Waals surface area contributed by atoms with Crippen LogP contribution >= 0.6 is 0 Å². The molecule has 0 aliphatic carbocycles. The highest BCUT2D eigenvalue weighted by molar-refractivity contribution is 6.05. The molecule has 0 atom stereocenters. The van der Waals surface area contributed by atoms with Gasteiger partial charge in [-0.15, -0.1) is 6.42 Å². The average molecular weight is 266 g/mol. The monoisotopic (exact) mass is 266 g/mol. The van der Waals surface area contributed by atoms with Crippen LogP contribution in [-0.4, -0.2) is 17.4 Å². The lowest BCUT2D eigenvalue weighted by atomic mass is 10.1. The van der Waals surface area contributed by atoms with E-state index in [1.807, 2.05) is 25.1 Å². The van der Waals surface area contributed by atoms with Crippen molar-refractivity contribution in [3.63, 3.8) is 0 Å². The number of benzene rings is 1. The number of terminal acetylenes is 1. The van der Waals surface area contributed by atoms with Crippen LogP contribution in [0.4, 0.5) is 5.69 Å². The molecule has 2 rings (SSSR count). The summed E-state index contributed by atoms with van der Waals surface area (Å²) < 4.78 is 0. The van der Waals surface area contributed by atoms with Crippen LogP contribution in [-0.2, 0) is 0 Å². The summed E-state index contributed by atoms with van der Waals surface area (Å²) in [6, 6.07) is 10.1. The fourth-order valence-electron chi connectivity index (χ4n) is 1.91. The number of carbonyl (C=O) groups excluding carboxylic acids is 1. The molecule has 1 aromatic carbocycles. The Labute approximate surface area is 117 Å². The first-order chi connectivity index (χ1) is 9.65. The van der Waals surface area contributed by atoms with Crippen LogP contribution in [0.1, 0.15) is 22.8 Å². The van der Waals surface area contributed by atoms with E-state index in [0.717, 1.165) is 11.3 Å². The van der Waals surface area contributed by atoms with Gasteiger partial charge >= 0.3 is 0 Å². The Morgan fingerprint density at radius 2 is 2.15 bits per heavy atom. The number of carbonyl (C=O) groups is 1. The minimum atomic E-state index is -0.237. The van der Waals surface area contributed by atoms with E-state index < -0.39 is 0 Å². The van der Waals surface area contributed by atoms with Crippen LogP contribution in [0.5, 0.6) is 0 Å². The molecule has 2 aromatic rings. The molecule has 0 saturated carbocycles. The molecular weight excluding hydrogens is 252 g/mol. The Bertz CT molecular complexity index is 705. The van der Waals surface area contributed by atoms with Gasteiger partial charge in [0.2, 0.25) is 5.56 Å². The number of nitrogens with one attached hydrogen (secondary N) is 1. The SMILES string of the molecule is C#Cc1cccc(N(CC)C(=O)c2ccc(=O)[nH]c2)c1. The number of hydrogen-bond acceptors (Lipinski definition) is 2. The smallest absolute Gasteiger partial charge is 0.259 e. The number of pyridine rings is 1. The van der Waals surface area contributed by atoms with Gasteiger partial charge in [-0.25, -0.2) is 0 Å². The lowest BCUT2D eigenvalue weighted by Crippen LogP contribution is -2.31. The molecule has 0 aliphatic rings. The molecule has 1 aromatic heterocycles. The molecule has 0 radical (unpaired) electrons. The van der Waals surface area contributed by atoms with Gasteiger partial charge in [0, 0.05) is 30.1 Å². The molecule has 4 nitrogen and oxygen atoms in total. The molecule has 1 amide bonds. The highest BCUT2D eigenvalue weighted by Gasteiger charge is 2.16. The Balaban J connectivity index is 2.36. The van der Waals surface area contributed by atoms with Crippen molar-refractivity contribution in [3.8, 4) is 12.3 Å². The van der Waals surface area contributed by atoms with Crippen molar-refractivity contribution >= 4 is 11.6 Å². The summed E-state index contributed by atoms with van der Waals surface area (Å²) in [6.45, 7) is 2.39. The van der Waals surface area contributed by atoms with Crippen LogP contribution in [0.25, 0.3) is 0 Å². The summed E-state index contributed by atoms with van der Waals surface area (Å²) in [5.41, 5.74) is 1.64. The van der Waals surface area contributed by atoms with Gasteiger partial charge in [0.15, 0.2) is 0 Å². The third-order valence-corrected chi connectivity index (χ3v) is 2.92. The molecule has 1 heterocycles. The van der Waals surface area contributed by atoms with Crippen LogP contribution in [0, 0.1) is 12.3 Å². The predicted octanol–water partition coefficient (Wildman–Crippen LogP) is 2.02. The van der Waals surface area contributed by atoms with Crippen LogP contribution in [0.2, 0.25) is 0 Å². The second-order valence-corrected chi connectivity index (χ2v) is 4.19. The van der Waals surface area contributed by atoms with E-state index in [-0.39, 0.29) is 11.5 Å². The van der Waals surface area contributed by atoms with Crippen molar-refractivity contribution < 1.29 is 4.79 Å². The fraction of sp³-hybridized carbons (Fsp3) is 0.125. The van der Waals surface area contributed by atoms with Gasteiger partial charge in [0.25, 0.3) is 5.91 Å². The van der Waals surface area contributed by atoms with E-state index in [4.69, 9.17) is 6.42 Å². The largest absolute Gasteiger partial charge is 0.328 e. The zero-order chi connectivity index (χ0) is 14.5. The topological polar surface area (TPSA) is 53.2 Å². The summed E-state index contributed by atoms with van der Waals surface area (Å²) in [7, 11) is 0. The van der Waals surface area contributed by atoms with Gasteiger partial charge in [0.05, 0.1) is 5.56 Å². The molecule has 100 valence electrons. The summed E-state index contributed by atoms with van der Waals surface area (Å²) in [6.07, 6.45) is 6.79. The van der Waals surface area contributed by atoms with Gasteiger partial charge in [-0.1, -0.05) is 12.0 Å². The Morgan fingerprint density at radius 1 is 1.35 bits per heavy atom. The maximum Gasteiger partial charge on any atom is 0.259 e. The second-order valence-electron chi connectivity index (χ2n) is 4.19. The lowest BCUT2D eigenvalue weighted by molar-refractivity contribution is 0.0988. The normalized spacial score (nSPS) is 9.80. The molecule has 0 unspecified atom stereocenters. The van der Waals surface area contributed by atoms with Crippen LogP contribution in [0.15, 0.2) is 47.4 Å². The predicted molar refractivity (Wildman–Crippen MR) is 78.8 cm³/mol. The van der Waals surface area contributed by atoms with Crippen LogP contribution in [0.3, 0.4) is 0 Å². The number of H-pyrrole nitrogens is 1. The third kappa shape index (κ3) is 2.78. The molecule has 0 bridgehead atoms. The summed E-state index contributed by atoms with van der Waals surface area (Å²) >= 11 is 0. The van der Waals surface area contributed by atoms with Crippen molar-refractivity contribution in [1.29, 1.82) is 0 Å². The number of aromatic amines is 1. The Kier molecular flexibility index (Phi) is 4.02. The first-order valence-electron chi connectivity index (χ1n) is 6.23. The molecule has 1 N–H and O–H groups in total. The van der Waals surface area contributed by atoms with Crippen molar-refractivity contribution in [2.45, 2.75) is 6.92 Å². The van der Waals surface area contributed by atoms with Gasteiger partial charge in [0.1, 0.15) is 0 Å². The molecule has 20 heavy (non-hydrogen) atoms. The van der Waals surface area contributed by atoms with Gasteiger partial charge in [-0.2, -0.15) is 0 Å². The summed E-state index contributed by atoms with van der Waals surface area (Å²) in [5.74, 6) is 2.36. The molecule has 4 heteroatoms. The Morgan fingerprint density at radius 3 is 2.75 bits per heavy atom. The third-order valence-electron chi connectivity index (χ3n) is 2.92. The molecule has 0 saturated heterocycles. The second kappa shape index (κ2) is 5.89. The number of nitrogens with zero attached hydrogens (tertiary/aromatic N) is 1. The lowest BCUT2D eigenvalue weighted by Gasteiger charge is -2.21. The van der Waals surface area contributed by atoms with E-state index >= 15 is 0 Å². The molecule has 0 spiro atoms. The van der Waals surface area contributed by atoms with Gasteiger partial charge in [-0.05, 0) is 31.2 Å². The van der Waals surface area contributed by atoms with Crippen molar-refractivity contribution in [2.75, 3.05) is 11.4 Å². The molecule has 0 fully saturated rings. The van der Waals surface area contributed by atoms with Crippen molar-refractivity contribution in [3.05, 3.63) is 64.1 Å². The van der Waals surface area contributed by atoms with E-state index in [2.05, 4.69) is 10.9 Å². The first kappa shape index (κ1) is 13.6. The summed E-state index contributed by atoms with van der Waals surface area (Å²) in [5, 5.41) is 0. The standard InChI is InChI=1S/C16H14N2O2/c1-3-12-6-5-7-14(10-12)18(4-2)16(20)13-8-9-15(19)17-11-13/h1,5-11H,4H2,2H3,(H,17,19). The highest BCUT2D eigenvalue weighted by Crippen LogP contribution is 2.18. The van der Waals surface area contributed by atoms with E-state index in [9.17, 15) is 9.59 Å². The summed E-state index contributed by atoms with van der Waals surface area (Å²) in [4.78, 5) is 27.6. The average Bonchev–Trinajstić information content (AvgIpc) is 2.49. The highest BCUT2D eigenvalue weighted by atomic mass is 16.2. The maximum atomic E-state index is 12.4. The fourth-order valence-corrected chi connectivity index (χ4v) is 1.91. The maximum absolute atomic E-state index is 12.4. The van der Waals surface area contributed by atoms with Crippen LogP contribution < -0.4 is 10.5 Å². The van der Waals surface area contributed by atoms with Gasteiger partial charge in [-0.3, -0.25) is 9.59 Å². The number of aromatic nitrogens is 1. The number of hydrogen-bond donors (Lipinski definition) is 1. The number of rotatable bonds is 3. The quantitative estimate of drug-likeness (QED) is 0.864. The molecule has 0 aliphatic heterocycles. The Hall–Kier alpha value is -2.80.